The zero-order valence-corrected chi connectivity index (χ0v) is 11.7. The van der Waals surface area contributed by atoms with Crippen LogP contribution in [0.4, 0.5) is 5.69 Å². The second-order valence-electron chi connectivity index (χ2n) is 5.15. The molecule has 0 saturated heterocycles. The number of carboxylic acids is 1. The van der Waals surface area contributed by atoms with E-state index in [1.165, 1.54) is 13.8 Å². The number of aliphatic carboxylic acids is 1. The monoisotopic (exact) mass is 264 g/mol. The van der Waals surface area contributed by atoms with Crippen LogP contribution in [0.3, 0.4) is 0 Å². The fraction of sp³-hybridized carbons (Fsp3) is 0.429. The summed E-state index contributed by atoms with van der Waals surface area (Å²) in [6, 6.07) is 5.78. The van der Waals surface area contributed by atoms with E-state index in [2.05, 4.69) is 10.6 Å². The Morgan fingerprint density at radius 1 is 1.26 bits per heavy atom. The van der Waals surface area contributed by atoms with Crippen molar-refractivity contribution in [3.63, 3.8) is 0 Å². The lowest BCUT2D eigenvalue weighted by molar-refractivity contribution is -0.143. The molecule has 0 radical (unpaired) electrons. The molecule has 5 nitrogen and oxygen atoms in total. The highest BCUT2D eigenvalue weighted by Crippen LogP contribution is 2.16. The van der Waals surface area contributed by atoms with Gasteiger partial charge in [0.2, 0.25) is 5.91 Å². The smallest absolute Gasteiger partial charge is 0.323 e. The Morgan fingerprint density at radius 2 is 1.89 bits per heavy atom. The van der Waals surface area contributed by atoms with E-state index < -0.39 is 11.5 Å². The van der Waals surface area contributed by atoms with E-state index >= 15 is 0 Å². The van der Waals surface area contributed by atoms with E-state index in [0.717, 1.165) is 16.8 Å². The van der Waals surface area contributed by atoms with Gasteiger partial charge in [-0.2, -0.15) is 0 Å². The van der Waals surface area contributed by atoms with Crippen molar-refractivity contribution in [2.24, 2.45) is 0 Å². The Labute approximate surface area is 113 Å². The number of hydrogen-bond acceptors (Lipinski definition) is 3. The van der Waals surface area contributed by atoms with Gasteiger partial charge in [-0.1, -0.05) is 12.1 Å². The largest absolute Gasteiger partial charge is 0.480 e. The highest BCUT2D eigenvalue weighted by molar-refractivity contribution is 5.93. The Balaban J connectivity index is 2.61. The lowest BCUT2D eigenvalue weighted by atomic mass is 10.1. The van der Waals surface area contributed by atoms with Crippen molar-refractivity contribution in [2.75, 3.05) is 11.9 Å². The molecule has 1 aromatic carbocycles. The van der Waals surface area contributed by atoms with Crippen molar-refractivity contribution in [1.82, 2.24) is 5.32 Å². The predicted octanol–water partition coefficient (Wildman–Crippen LogP) is 1.69. The van der Waals surface area contributed by atoms with Gasteiger partial charge < -0.3 is 10.4 Å². The maximum absolute atomic E-state index is 11.8. The average molecular weight is 264 g/mol. The van der Waals surface area contributed by atoms with Crippen molar-refractivity contribution < 1.29 is 14.7 Å². The van der Waals surface area contributed by atoms with Crippen LogP contribution in [0.2, 0.25) is 0 Å². The molecule has 0 unspecified atom stereocenters. The SMILES string of the molecule is Cc1ccc(C)c(NC(=O)CNC(C)(C)C(=O)O)c1. The minimum absolute atomic E-state index is 0.0489. The molecule has 0 aromatic heterocycles. The molecule has 1 amide bonds. The molecule has 3 N–H and O–H groups in total. The molecular weight excluding hydrogens is 244 g/mol. The number of aryl methyl sites for hydroxylation is 2. The first kappa shape index (κ1) is 15.2. The van der Waals surface area contributed by atoms with E-state index in [0.29, 0.717) is 0 Å². The van der Waals surface area contributed by atoms with Crippen molar-refractivity contribution in [3.8, 4) is 0 Å². The number of carboxylic acid groups (broad SMARTS) is 1. The first-order valence-electron chi connectivity index (χ1n) is 6.08. The van der Waals surface area contributed by atoms with Crippen LogP contribution in [0, 0.1) is 13.8 Å². The van der Waals surface area contributed by atoms with Gasteiger partial charge >= 0.3 is 5.97 Å². The van der Waals surface area contributed by atoms with Gasteiger partial charge in [-0.15, -0.1) is 0 Å². The fourth-order valence-electron chi connectivity index (χ4n) is 1.44. The molecule has 0 saturated carbocycles. The molecule has 5 heteroatoms. The van der Waals surface area contributed by atoms with Crippen LogP contribution in [0.5, 0.6) is 0 Å². The molecule has 0 atom stereocenters. The van der Waals surface area contributed by atoms with Crippen LogP contribution < -0.4 is 10.6 Å². The second kappa shape index (κ2) is 5.84. The van der Waals surface area contributed by atoms with Crippen molar-refractivity contribution in [3.05, 3.63) is 29.3 Å². The van der Waals surface area contributed by atoms with Crippen LogP contribution in [0.25, 0.3) is 0 Å². The summed E-state index contributed by atoms with van der Waals surface area (Å²) in [5.74, 6) is -1.25. The van der Waals surface area contributed by atoms with Gasteiger partial charge in [0.1, 0.15) is 5.54 Å². The van der Waals surface area contributed by atoms with Gasteiger partial charge in [0.05, 0.1) is 6.54 Å². The number of nitrogens with one attached hydrogen (secondary N) is 2. The Kier molecular flexibility index (Phi) is 4.67. The van der Waals surface area contributed by atoms with Crippen LogP contribution >= 0.6 is 0 Å². The van der Waals surface area contributed by atoms with Crippen LogP contribution in [0.15, 0.2) is 18.2 Å². The van der Waals surface area contributed by atoms with E-state index in [4.69, 9.17) is 5.11 Å². The van der Waals surface area contributed by atoms with Gasteiger partial charge in [-0.25, -0.2) is 0 Å². The zero-order chi connectivity index (χ0) is 14.6. The number of anilines is 1. The molecular formula is C14H20N2O3. The summed E-state index contributed by atoms with van der Waals surface area (Å²) in [6.45, 7) is 6.83. The zero-order valence-electron chi connectivity index (χ0n) is 11.7. The topological polar surface area (TPSA) is 78.4 Å². The number of benzene rings is 1. The molecule has 0 aliphatic heterocycles. The lowest BCUT2D eigenvalue weighted by Gasteiger charge is -2.20. The van der Waals surface area contributed by atoms with Gasteiger partial charge in [0.25, 0.3) is 0 Å². The standard InChI is InChI=1S/C14H20N2O3/c1-9-5-6-10(2)11(7-9)16-12(17)8-15-14(3,4)13(18)19/h5-7,15H,8H2,1-4H3,(H,16,17)(H,18,19). The summed E-state index contributed by atoms with van der Waals surface area (Å²) >= 11 is 0. The summed E-state index contributed by atoms with van der Waals surface area (Å²) in [7, 11) is 0. The van der Waals surface area contributed by atoms with E-state index in [1.54, 1.807) is 0 Å². The van der Waals surface area contributed by atoms with E-state index in [1.807, 2.05) is 32.0 Å². The van der Waals surface area contributed by atoms with Gasteiger partial charge in [-0.3, -0.25) is 14.9 Å². The number of carbonyl (C=O) groups is 2. The van der Waals surface area contributed by atoms with Gasteiger partial charge in [0.15, 0.2) is 0 Å². The molecule has 0 aliphatic carbocycles. The Hall–Kier alpha value is -1.88. The molecule has 0 spiro atoms. The van der Waals surface area contributed by atoms with Gasteiger partial charge in [0, 0.05) is 5.69 Å². The van der Waals surface area contributed by atoms with Crippen LogP contribution in [-0.2, 0) is 9.59 Å². The summed E-state index contributed by atoms with van der Waals surface area (Å²) < 4.78 is 0. The second-order valence-corrected chi connectivity index (χ2v) is 5.15. The highest BCUT2D eigenvalue weighted by Gasteiger charge is 2.26. The third-order valence-electron chi connectivity index (χ3n) is 2.89. The Morgan fingerprint density at radius 3 is 2.47 bits per heavy atom. The molecule has 0 bridgehead atoms. The minimum Gasteiger partial charge on any atom is -0.480 e. The van der Waals surface area contributed by atoms with E-state index in [9.17, 15) is 9.59 Å². The predicted molar refractivity (Wildman–Crippen MR) is 74.3 cm³/mol. The summed E-state index contributed by atoms with van der Waals surface area (Å²) in [4.78, 5) is 22.7. The van der Waals surface area contributed by atoms with Crippen LogP contribution in [-0.4, -0.2) is 29.1 Å². The third-order valence-corrected chi connectivity index (χ3v) is 2.89. The van der Waals surface area contributed by atoms with Crippen LogP contribution in [0.1, 0.15) is 25.0 Å². The van der Waals surface area contributed by atoms with E-state index in [-0.39, 0.29) is 12.5 Å². The number of amides is 1. The normalized spacial score (nSPS) is 11.2. The summed E-state index contributed by atoms with van der Waals surface area (Å²) in [5.41, 5.74) is 1.65. The third kappa shape index (κ3) is 4.37. The number of hydrogen-bond donors (Lipinski definition) is 3. The first-order chi connectivity index (χ1) is 8.72. The quantitative estimate of drug-likeness (QED) is 0.756. The van der Waals surface area contributed by atoms with Crippen molar-refractivity contribution >= 4 is 17.6 Å². The molecule has 0 fully saturated rings. The molecule has 1 aromatic rings. The summed E-state index contributed by atoms with van der Waals surface area (Å²) in [6.07, 6.45) is 0. The number of carbonyl (C=O) groups excluding carboxylic acids is 1. The fourth-order valence-corrected chi connectivity index (χ4v) is 1.44. The minimum atomic E-state index is -1.13. The van der Waals surface area contributed by atoms with Gasteiger partial charge in [-0.05, 0) is 44.9 Å². The number of rotatable bonds is 5. The maximum Gasteiger partial charge on any atom is 0.323 e. The molecule has 19 heavy (non-hydrogen) atoms. The van der Waals surface area contributed by atoms with Crippen molar-refractivity contribution in [1.29, 1.82) is 0 Å². The molecule has 0 heterocycles. The Bertz CT molecular complexity index is 495. The average Bonchev–Trinajstić information content (AvgIpc) is 2.31. The highest BCUT2D eigenvalue weighted by atomic mass is 16.4. The van der Waals surface area contributed by atoms with Crippen molar-refractivity contribution in [2.45, 2.75) is 33.2 Å². The first-order valence-corrected chi connectivity index (χ1v) is 6.08. The molecule has 104 valence electrons. The lowest BCUT2D eigenvalue weighted by Crippen LogP contribution is -2.49. The molecule has 0 aliphatic rings. The summed E-state index contributed by atoms with van der Waals surface area (Å²) in [5, 5.41) is 14.4. The molecule has 1 rings (SSSR count). The maximum atomic E-state index is 11.8.